The molecule has 1 aliphatic heterocycles. The van der Waals surface area contributed by atoms with Crippen LogP contribution in [0.5, 0.6) is 0 Å². The summed E-state index contributed by atoms with van der Waals surface area (Å²) < 4.78 is 0. The van der Waals surface area contributed by atoms with E-state index in [1.807, 2.05) is 18.4 Å². The van der Waals surface area contributed by atoms with E-state index in [1.165, 1.54) is 11.3 Å². The molecule has 3 N–H and O–H groups in total. The van der Waals surface area contributed by atoms with Crippen molar-refractivity contribution in [3.63, 3.8) is 0 Å². The first kappa shape index (κ1) is 14.1. The van der Waals surface area contributed by atoms with Crippen LogP contribution >= 0.6 is 11.3 Å². The zero-order chi connectivity index (χ0) is 13.9. The summed E-state index contributed by atoms with van der Waals surface area (Å²) in [6.45, 7) is 3.29. The first-order chi connectivity index (χ1) is 9.03. The third kappa shape index (κ3) is 3.35. The monoisotopic (exact) mass is 278 g/mol. The van der Waals surface area contributed by atoms with E-state index in [4.69, 9.17) is 5.73 Å². The van der Waals surface area contributed by atoms with Gasteiger partial charge in [-0.15, -0.1) is 11.3 Å². The number of aliphatic hydroxyl groups is 1. The summed E-state index contributed by atoms with van der Waals surface area (Å²) in [6.07, 6.45) is 1.24. The normalized spacial score (nSPS) is 17.7. The molecule has 5 heteroatoms. The summed E-state index contributed by atoms with van der Waals surface area (Å²) in [4.78, 5) is 14.9. The fraction of sp³-hybridized carbons (Fsp3) is 0.500. The van der Waals surface area contributed by atoms with Crippen molar-refractivity contribution in [3.05, 3.63) is 21.9 Å². The SMILES string of the molecule is CC1(O)CCN(C(=O)c2sccc2C#CCN)CC1. The Morgan fingerprint density at radius 1 is 1.58 bits per heavy atom. The van der Waals surface area contributed by atoms with Crippen LogP contribution in [0.2, 0.25) is 0 Å². The molecule has 0 bridgehead atoms. The van der Waals surface area contributed by atoms with E-state index in [0.717, 1.165) is 5.56 Å². The highest BCUT2D eigenvalue weighted by Gasteiger charge is 2.30. The molecule has 1 aromatic heterocycles. The van der Waals surface area contributed by atoms with Crippen LogP contribution in [0.1, 0.15) is 35.0 Å². The predicted molar refractivity (Wildman–Crippen MR) is 76.0 cm³/mol. The lowest BCUT2D eigenvalue weighted by atomic mass is 9.94. The van der Waals surface area contributed by atoms with Crippen LogP contribution < -0.4 is 5.73 Å². The van der Waals surface area contributed by atoms with Gasteiger partial charge in [-0.05, 0) is 31.2 Å². The molecule has 1 saturated heterocycles. The first-order valence-corrected chi connectivity index (χ1v) is 7.19. The highest BCUT2D eigenvalue weighted by Crippen LogP contribution is 2.25. The molecule has 1 amide bonds. The zero-order valence-electron chi connectivity index (χ0n) is 11.0. The van der Waals surface area contributed by atoms with Crippen LogP contribution in [0.3, 0.4) is 0 Å². The average Bonchev–Trinajstić information content (AvgIpc) is 2.83. The van der Waals surface area contributed by atoms with Gasteiger partial charge in [0.1, 0.15) is 4.88 Å². The van der Waals surface area contributed by atoms with E-state index in [-0.39, 0.29) is 12.5 Å². The molecular formula is C14H18N2O2S. The molecule has 0 unspecified atom stereocenters. The number of hydrogen-bond donors (Lipinski definition) is 2. The zero-order valence-corrected chi connectivity index (χ0v) is 11.8. The van der Waals surface area contributed by atoms with E-state index in [1.54, 1.807) is 4.90 Å². The Kier molecular flexibility index (Phi) is 4.25. The minimum absolute atomic E-state index is 0.00632. The fourth-order valence-corrected chi connectivity index (χ4v) is 2.87. The maximum absolute atomic E-state index is 12.4. The number of likely N-dealkylation sites (tertiary alicyclic amines) is 1. The fourth-order valence-electron chi connectivity index (χ4n) is 2.05. The molecule has 1 fully saturated rings. The first-order valence-electron chi connectivity index (χ1n) is 6.31. The molecule has 0 saturated carbocycles. The molecule has 2 heterocycles. The van der Waals surface area contributed by atoms with Gasteiger partial charge in [-0.1, -0.05) is 11.8 Å². The second kappa shape index (κ2) is 5.74. The van der Waals surface area contributed by atoms with E-state index in [2.05, 4.69) is 11.8 Å². The average molecular weight is 278 g/mol. The lowest BCUT2D eigenvalue weighted by Gasteiger charge is -2.35. The van der Waals surface area contributed by atoms with Crippen LogP contribution in [-0.2, 0) is 0 Å². The third-order valence-corrected chi connectivity index (χ3v) is 4.21. The largest absolute Gasteiger partial charge is 0.390 e. The van der Waals surface area contributed by atoms with Crippen molar-refractivity contribution < 1.29 is 9.90 Å². The predicted octanol–water partition coefficient (Wildman–Crippen LogP) is 1.05. The number of carbonyl (C=O) groups excluding carboxylic acids is 1. The molecule has 1 aromatic rings. The van der Waals surface area contributed by atoms with Crippen molar-refractivity contribution >= 4 is 17.2 Å². The number of rotatable bonds is 1. The van der Waals surface area contributed by atoms with Crippen molar-refractivity contribution in [3.8, 4) is 11.8 Å². The number of nitrogens with zero attached hydrogens (tertiary/aromatic N) is 1. The van der Waals surface area contributed by atoms with Gasteiger partial charge in [0.15, 0.2) is 0 Å². The van der Waals surface area contributed by atoms with E-state index in [0.29, 0.717) is 30.8 Å². The van der Waals surface area contributed by atoms with Crippen LogP contribution in [0, 0.1) is 11.8 Å². The molecule has 0 atom stereocenters. The van der Waals surface area contributed by atoms with Gasteiger partial charge in [-0.25, -0.2) is 0 Å². The Bertz CT molecular complexity index is 515. The molecule has 0 spiro atoms. The minimum Gasteiger partial charge on any atom is -0.390 e. The second-order valence-corrected chi connectivity index (χ2v) is 5.87. The number of carbonyl (C=O) groups is 1. The standard InChI is InChI=1S/C14H18N2O2S/c1-14(18)5-8-16(9-6-14)13(17)12-11(3-2-7-15)4-10-19-12/h4,10,18H,5-9,15H2,1H3. The van der Waals surface area contributed by atoms with E-state index < -0.39 is 5.60 Å². The third-order valence-electron chi connectivity index (χ3n) is 3.31. The van der Waals surface area contributed by atoms with Gasteiger partial charge < -0.3 is 15.7 Å². The maximum Gasteiger partial charge on any atom is 0.265 e. The van der Waals surface area contributed by atoms with Crippen LogP contribution in [0.4, 0.5) is 0 Å². The van der Waals surface area contributed by atoms with Crippen molar-refractivity contribution in [2.24, 2.45) is 5.73 Å². The summed E-state index contributed by atoms with van der Waals surface area (Å²) in [6, 6.07) is 1.85. The van der Waals surface area contributed by atoms with Crippen LogP contribution in [0.25, 0.3) is 0 Å². The lowest BCUT2D eigenvalue weighted by Crippen LogP contribution is -2.45. The van der Waals surface area contributed by atoms with Crippen molar-refractivity contribution in [1.29, 1.82) is 0 Å². The van der Waals surface area contributed by atoms with Gasteiger partial charge in [0.05, 0.1) is 12.1 Å². The number of nitrogens with two attached hydrogens (primary N) is 1. The summed E-state index contributed by atoms with van der Waals surface area (Å²) in [7, 11) is 0. The Labute approximate surface area is 117 Å². The smallest absolute Gasteiger partial charge is 0.265 e. The maximum atomic E-state index is 12.4. The summed E-state index contributed by atoms with van der Waals surface area (Å²) in [5.74, 6) is 5.71. The van der Waals surface area contributed by atoms with E-state index >= 15 is 0 Å². The topological polar surface area (TPSA) is 66.6 Å². The molecule has 0 aromatic carbocycles. The molecular weight excluding hydrogens is 260 g/mol. The second-order valence-electron chi connectivity index (χ2n) is 4.96. The highest BCUT2D eigenvalue weighted by molar-refractivity contribution is 7.12. The Morgan fingerprint density at radius 3 is 2.89 bits per heavy atom. The number of amides is 1. The van der Waals surface area contributed by atoms with Crippen molar-refractivity contribution in [2.45, 2.75) is 25.4 Å². The van der Waals surface area contributed by atoms with Crippen LogP contribution in [-0.4, -0.2) is 41.1 Å². The minimum atomic E-state index is -0.644. The molecule has 1 aliphatic rings. The highest BCUT2D eigenvalue weighted by atomic mass is 32.1. The molecule has 102 valence electrons. The molecule has 2 rings (SSSR count). The molecule has 19 heavy (non-hydrogen) atoms. The van der Waals surface area contributed by atoms with Gasteiger partial charge in [-0.2, -0.15) is 0 Å². The quantitative estimate of drug-likeness (QED) is 0.755. The van der Waals surface area contributed by atoms with Crippen molar-refractivity contribution in [2.75, 3.05) is 19.6 Å². The lowest BCUT2D eigenvalue weighted by molar-refractivity contribution is -0.00188. The van der Waals surface area contributed by atoms with Gasteiger partial charge in [0.2, 0.25) is 0 Å². The van der Waals surface area contributed by atoms with E-state index in [9.17, 15) is 9.90 Å². The molecule has 4 nitrogen and oxygen atoms in total. The Balaban J connectivity index is 2.11. The molecule has 0 aliphatic carbocycles. The Hall–Kier alpha value is -1.35. The number of hydrogen-bond acceptors (Lipinski definition) is 4. The number of thiophene rings is 1. The summed E-state index contributed by atoms with van der Waals surface area (Å²) in [5.41, 5.74) is 5.45. The summed E-state index contributed by atoms with van der Waals surface area (Å²) in [5, 5.41) is 11.8. The van der Waals surface area contributed by atoms with Gasteiger partial charge >= 0.3 is 0 Å². The van der Waals surface area contributed by atoms with Gasteiger partial charge in [0.25, 0.3) is 5.91 Å². The van der Waals surface area contributed by atoms with Gasteiger partial charge in [0, 0.05) is 18.7 Å². The van der Waals surface area contributed by atoms with Crippen LogP contribution in [0.15, 0.2) is 11.4 Å². The van der Waals surface area contributed by atoms with Crippen molar-refractivity contribution in [1.82, 2.24) is 4.90 Å². The summed E-state index contributed by atoms with van der Waals surface area (Å²) >= 11 is 1.40. The van der Waals surface area contributed by atoms with Gasteiger partial charge in [-0.3, -0.25) is 4.79 Å². The molecule has 0 radical (unpaired) electrons. The number of piperidine rings is 1. The Morgan fingerprint density at radius 2 is 2.26 bits per heavy atom.